The summed E-state index contributed by atoms with van der Waals surface area (Å²) in [6, 6.07) is -2.53. The molecule has 3 rings (SSSR count). The Morgan fingerprint density at radius 1 is 0.500 bits per heavy atom. The molecule has 23 nitrogen and oxygen atoms in total. The van der Waals surface area contributed by atoms with Crippen molar-refractivity contribution in [2.24, 2.45) is 0 Å². The lowest BCUT2D eigenvalue weighted by Crippen LogP contribution is -2.70. The number of aliphatic carboxylic acids is 1. The zero-order valence-corrected chi connectivity index (χ0v) is 64.6. The van der Waals surface area contributed by atoms with Gasteiger partial charge in [0, 0.05) is 19.8 Å². The van der Waals surface area contributed by atoms with E-state index in [4.69, 9.17) is 28.4 Å². The summed E-state index contributed by atoms with van der Waals surface area (Å²) in [5, 5.41) is 136. The van der Waals surface area contributed by atoms with Gasteiger partial charge in [-0.3, -0.25) is 9.59 Å². The molecule has 104 heavy (non-hydrogen) atoms. The number of unbranched alkanes of at least 4 members (excludes halogenated alkanes) is 42. The first kappa shape index (κ1) is 95.4. The van der Waals surface area contributed by atoms with Crippen LogP contribution in [0.1, 0.15) is 335 Å². The van der Waals surface area contributed by atoms with Crippen LogP contribution in [0, 0.1) is 0 Å². The van der Waals surface area contributed by atoms with Gasteiger partial charge in [-0.15, -0.1) is 0 Å². The molecule has 23 heteroatoms. The highest BCUT2D eigenvalue weighted by molar-refractivity contribution is 5.77. The number of rotatable bonds is 66. The van der Waals surface area contributed by atoms with Gasteiger partial charge in [0.25, 0.3) is 5.79 Å². The third-order valence-corrected chi connectivity index (χ3v) is 21.2. The fraction of sp³-hybridized carbons (Fsp3) is 0.914. The first-order valence-corrected chi connectivity index (χ1v) is 41.7. The SMILES string of the molecule is CCCCCCCCCCCCC/C=C\C/C=C\CCCCCCCCCCCCCCCCCCCC(=O)NC(COC1OC(CO)C(OC2OC(CO)C(O)C(OC3(C(=O)O)CC(O)C(NC(C)=O)C(C(O)C(O)CO)O3)C2O)C(O)C1O)C(O)CCCCCCCCCCCCCCCCC. The Morgan fingerprint density at radius 3 is 1.35 bits per heavy atom. The largest absolute Gasteiger partial charge is 0.477 e. The molecule has 0 spiro atoms. The van der Waals surface area contributed by atoms with Gasteiger partial charge in [0.2, 0.25) is 11.8 Å². The molecular weight excluding hydrogens is 1340 g/mol. The lowest BCUT2D eigenvalue weighted by molar-refractivity contribution is -0.386. The van der Waals surface area contributed by atoms with E-state index in [9.17, 15) is 75.7 Å². The Hall–Kier alpha value is -2.79. The van der Waals surface area contributed by atoms with Gasteiger partial charge < -0.3 is 100 Å². The van der Waals surface area contributed by atoms with E-state index in [0.29, 0.717) is 19.3 Å². The van der Waals surface area contributed by atoms with E-state index in [1.807, 2.05) is 0 Å². The van der Waals surface area contributed by atoms with Crippen molar-refractivity contribution >= 4 is 17.8 Å². The Bertz CT molecular complexity index is 2170. The van der Waals surface area contributed by atoms with Crippen molar-refractivity contribution in [3.8, 4) is 0 Å². The topological polar surface area (TPSA) is 373 Å². The number of aliphatic hydroxyl groups excluding tert-OH is 11. The number of amides is 2. The standard InChI is InChI=1S/C81H150N2O21/c1-4-6-8-10-12-14-16-18-20-21-22-23-24-25-26-27-28-29-30-31-32-33-34-35-36-37-38-39-41-43-45-47-49-51-53-55-68(91)83-62(63(88)54-52-50-48-46-44-42-40-19-17-15-13-11-9-7-5-2)60-99-78-73(95)72(94)75(67(59-86)101-78)102-79-74(96)77(71(93)66(58-85)100-79)104-81(80(97)98)56-64(89)69(82-61(3)87)76(103-81)70(92)65(90)57-84/h24-25,27-28,62-67,69-79,84-86,88-90,92-96H,4-23,26,29-60H2,1-3H3,(H,82,87)(H,83,91)(H,97,98)/b25-24-,28-27-. The average Bonchev–Trinajstić information content (AvgIpc) is 0.754. The molecule has 610 valence electrons. The third-order valence-electron chi connectivity index (χ3n) is 21.2. The summed E-state index contributed by atoms with van der Waals surface area (Å²) < 4.78 is 35.0. The van der Waals surface area contributed by atoms with Gasteiger partial charge in [-0.25, -0.2) is 4.79 Å². The fourth-order valence-corrected chi connectivity index (χ4v) is 14.6. The summed E-state index contributed by atoms with van der Waals surface area (Å²) in [6.07, 6.45) is 37.7. The number of hydrogen-bond donors (Lipinski definition) is 14. The van der Waals surface area contributed by atoms with E-state index < -0.39 is 148 Å². The van der Waals surface area contributed by atoms with Crippen molar-refractivity contribution in [1.29, 1.82) is 0 Å². The molecule has 3 heterocycles. The van der Waals surface area contributed by atoms with E-state index in [1.54, 1.807) is 0 Å². The van der Waals surface area contributed by atoms with Crippen molar-refractivity contribution in [2.45, 2.75) is 445 Å². The van der Waals surface area contributed by atoms with Crippen LogP contribution < -0.4 is 10.6 Å². The molecule has 18 atom stereocenters. The molecule has 0 aromatic rings. The van der Waals surface area contributed by atoms with Crippen LogP contribution in [0.3, 0.4) is 0 Å². The smallest absolute Gasteiger partial charge is 0.364 e. The van der Waals surface area contributed by atoms with Gasteiger partial charge >= 0.3 is 5.97 Å². The summed E-state index contributed by atoms with van der Waals surface area (Å²) in [5.74, 6) is -6.09. The number of carboxylic acids is 1. The second-order valence-electron chi connectivity index (χ2n) is 30.3. The van der Waals surface area contributed by atoms with Crippen LogP contribution in [0.4, 0.5) is 0 Å². The number of hydrogen-bond acceptors (Lipinski definition) is 20. The molecule has 3 saturated heterocycles. The van der Waals surface area contributed by atoms with Gasteiger partial charge in [0.1, 0.15) is 67.1 Å². The lowest BCUT2D eigenvalue weighted by Gasteiger charge is -2.50. The first-order chi connectivity index (χ1) is 50.4. The quantitative estimate of drug-likeness (QED) is 0.0199. The van der Waals surface area contributed by atoms with Crippen molar-refractivity contribution in [1.82, 2.24) is 10.6 Å². The van der Waals surface area contributed by atoms with Gasteiger partial charge in [0.05, 0.1) is 50.7 Å². The minimum Gasteiger partial charge on any atom is -0.477 e. The molecule has 3 aliphatic heterocycles. The summed E-state index contributed by atoms with van der Waals surface area (Å²) in [5.41, 5.74) is 0. The summed E-state index contributed by atoms with van der Waals surface area (Å²) in [6.45, 7) is 2.24. The number of carbonyl (C=O) groups excluding carboxylic acids is 2. The Labute approximate surface area is 625 Å². The zero-order chi connectivity index (χ0) is 76.0. The number of allylic oxidation sites excluding steroid dienone is 4. The van der Waals surface area contributed by atoms with Crippen LogP contribution >= 0.6 is 0 Å². The van der Waals surface area contributed by atoms with Crippen LogP contribution in [0.5, 0.6) is 0 Å². The maximum absolute atomic E-state index is 13.6. The molecule has 0 aromatic carbocycles. The van der Waals surface area contributed by atoms with Crippen molar-refractivity contribution in [3.63, 3.8) is 0 Å². The minimum atomic E-state index is -3.08. The van der Waals surface area contributed by atoms with Gasteiger partial charge in [-0.2, -0.15) is 0 Å². The molecule has 18 unspecified atom stereocenters. The van der Waals surface area contributed by atoms with Crippen molar-refractivity contribution < 1.29 is 104 Å². The molecule has 0 saturated carbocycles. The van der Waals surface area contributed by atoms with Crippen LogP contribution in [-0.4, -0.2) is 215 Å². The maximum atomic E-state index is 13.6. The average molecular weight is 1490 g/mol. The van der Waals surface area contributed by atoms with Crippen molar-refractivity contribution in [2.75, 3.05) is 26.4 Å². The second kappa shape index (κ2) is 60.0. The maximum Gasteiger partial charge on any atom is 0.364 e. The van der Waals surface area contributed by atoms with Crippen LogP contribution in [0.15, 0.2) is 24.3 Å². The molecule has 0 aromatic heterocycles. The summed E-state index contributed by atoms with van der Waals surface area (Å²) >= 11 is 0. The minimum absolute atomic E-state index is 0.226. The highest BCUT2D eigenvalue weighted by atomic mass is 16.8. The Morgan fingerprint density at radius 2 is 0.923 bits per heavy atom. The zero-order valence-electron chi connectivity index (χ0n) is 64.6. The van der Waals surface area contributed by atoms with E-state index in [0.717, 1.165) is 64.7 Å². The Kier molecular flexibility index (Phi) is 55.0. The molecule has 0 aliphatic carbocycles. The third kappa shape index (κ3) is 39.7. The number of aliphatic hydroxyl groups is 11. The van der Waals surface area contributed by atoms with Crippen LogP contribution in [0.25, 0.3) is 0 Å². The second-order valence-corrected chi connectivity index (χ2v) is 30.3. The predicted octanol–water partition coefficient (Wildman–Crippen LogP) is 11.5. The monoisotopic (exact) mass is 1490 g/mol. The van der Waals surface area contributed by atoms with E-state index in [2.05, 4.69) is 48.8 Å². The molecule has 3 fully saturated rings. The highest BCUT2D eigenvalue weighted by Gasteiger charge is 2.60. The molecule has 0 bridgehead atoms. The number of nitrogens with one attached hydrogen (secondary N) is 2. The number of carbonyl (C=O) groups is 3. The van der Waals surface area contributed by atoms with Crippen LogP contribution in [0.2, 0.25) is 0 Å². The molecule has 14 N–H and O–H groups in total. The lowest BCUT2D eigenvalue weighted by atomic mass is 9.88. The first-order valence-electron chi connectivity index (χ1n) is 41.7. The molecule has 2 amide bonds. The van der Waals surface area contributed by atoms with E-state index >= 15 is 0 Å². The van der Waals surface area contributed by atoms with E-state index in [1.165, 1.54) is 225 Å². The number of carboxylic acid groups (broad SMARTS) is 1. The summed E-state index contributed by atoms with van der Waals surface area (Å²) in [4.78, 5) is 38.7. The summed E-state index contributed by atoms with van der Waals surface area (Å²) in [7, 11) is 0. The molecule has 0 radical (unpaired) electrons. The number of ether oxygens (including phenoxy) is 6. The van der Waals surface area contributed by atoms with Gasteiger partial charge in [0.15, 0.2) is 12.6 Å². The van der Waals surface area contributed by atoms with Crippen LogP contribution in [-0.2, 0) is 42.8 Å². The van der Waals surface area contributed by atoms with E-state index in [-0.39, 0.29) is 18.9 Å². The normalized spacial score (nSPS) is 26.5. The fourth-order valence-electron chi connectivity index (χ4n) is 14.6. The van der Waals surface area contributed by atoms with Crippen molar-refractivity contribution in [3.05, 3.63) is 24.3 Å². The molecule has 3 aliphatic rings. The van der Waals surface area contributed by atoms with Gasteiger partial charge in [-0.1, -0.05) is 295 Å². The highest BCUT2D eigenvalue weighted by Crippen LogP contribution is 2.39. The molecular formula is C81H150N2O21. The Balaban J connectivity index is 1.43. The van der Waals surface area contributed by atoms with Gasteiger partial charge in [-0.05, 0) is 44.9 Å². The predicted molar refractivity (Wildman–Crippen MR) is 403 cm³/mol.